The van der Waals surface area contributed by atoms with Crippen molar-refractivity contribution >= 4 is 5.97 Å². The van der Waals surface area contributed by atoms with Gasteiger partial charge < -0.3 is 10.1 Å². The Balaban J connectivity index is 2.55. The van der Waals surface area contributed by atoms with Gasteiger partial charge in [0.05, 0.1) is 13.5 Å². The van der Waals surface area contributed by atoms with Gasteiger partial charge in [0, 0.05) is 24.7 Å². The lowest BCUT2D eigenvalue weighted by Gasteiger charge is -2.43. The summed E-state index contributed by atoms with van der Waals surface area (Å²) in [6, 6.07) is 0.274. The Morgan fingerprint density at radius 3 is 2.80 bits per heavy atom. The van der Waals surface area contributed by atoms with Gasteiger partial charge in [-0.05, 0) is 20.4 Å². The van der Waals surface area contributed by atoms with Crippen molar-refractivity contribution in [2.24, 2.45) is 0 Å². The van der Waals surface area contributed by atoms with Crippen LogP contribution >= 0.6 is 0 Å². The smallest absolute Gasteiger partial charge is 0.307 e. The molecule has 0 radical (unpaired) electrons. The number of hydrogen-bond donors (Lipinski definition) is 1. The molecule has 1 rings (SSSR count). The predicted octanol–water partition coefficient (Wildman–Crippen LogP) is 0.622. The second-order valence-corrected chi connectivity index (χ2v) is 4.76. The first-order valence-corrected chi connectivity index (χ1v) is 5.54. The Labute approximate surface area is 92.0 Å². The highest BCUT2D eigenvalue weighted by Gasteiger charge is 2.32. The van der Waals surface area contributed by atoms with Crippen LogP contribution in [0.2, 0.25) is 0 Å². The zero-order chi connectivity index (χ0) is 11.5. The first kappa shape index (κ1) is 12.5. The molecule has 0 saturated carbocycles. The van der Waals surface area contributed by atoms with Gasteiger partial charge in [-0.2, -0.15) is 0 Å². The van der Waals surface area contributed by atoms with E-state index in [1.165, 1.54) is 7.11 Å². The first-order chi connectivity index (χ1) is 6.98. The highest BCUT2D eigenvalue weighted by Crippen LogP contribution is 2.16. The van der Waals surface area contributed by atoms with Gasteiger partial charge in [-0.15, -0.1) is 0 Å². The molecule has 1 atom stereocenters. The van der Waals surface area contributed by atoms with Crippen molar-refractivity contribution in [3.8, 4) is 0 Å². The van der Waals surface area contributed by atoms with Gasteiger partial charge >= 0.3 is 5.97 Å². The van der Waals surface area contributed by atoms with Crippen molar-refractivity contribution in [1.29, 1.82) is 0 Å². The molecule has 15 heavy (non-hydrogen) atoms. The van der Waals surface area contributed by atoms with Crippen LogP contribution in [0.15, 0.2) is 0 Å². The van der Waals surface area contributed by atoms with Crippen LogP contribution in [-0.2, 0) is 9.53 Å². The van der Waals surface area contributed by atoms with Crippen LogP contribution in [0, 0.1) is 0 Å². The monoisotopic (exact) mass is 214 g/mol. The molecule has 1 saturated heterocycles. The zero-order valence-electron chi connectivity index (χ0n) is 10.2. The van der Waals surface area contributed by atoms with E-state index in [1.807, 2.05) is 0 Å². The SMILES string of the molecule is CCN1CC(C)(C)NCC1CC(=O)OC. The van der Waals surface area contributed by atoms with Crippen LogP contribution in [0.5, 0.6) is 0 Å². The van der Waals surface area contributed by atoms with Crippen LogP contribution in [0.3, 0.4) is 0 Å². The van der Waals surface area contributed by atoms with Crippen molar-refractivity contribution in [3.63, 3.8) is 0 Å². The van der Waals surface area contributed by atoms with Crippen LogP contribution in [0.4, 0.5) is 0 Å². The molecule has 0 aromatic rings. The van der Waals surface area contributed by atoms with Crippen LogP contribution < -0.4 is 5.32 Å². The molecule has 0 amide bonds. The predicted molar refractivity (Wildman–Crippen MR) is 59.7 cm³/mol. The number of esters is 1. The second-order valence-electron chi connectivity index (χ2n) is 4.76. The minimum absolute atomic E-state index is 0.125. The lowest BCUT2D eigenvalue weighted by Crippen LogP contribution is -2.61. The van der Waals surface area contributed by atoms with Crippen molar-refractivity contribution in [2.45, 2.75) is 38.8 Å². The molecule has 0 aromatic heterocycles. The number of piperazine rings is 1. The van der Waals surface area contributed by atoms with E-state index in [2.05, 4.69) is 31.0 Å². The Hall–Kier alpha value is -0.610. The molecule has 0 aromatic carbocycles. The van der Waals surface area contributed by atoms with E-state index in [4.69, 9.17) is 4.74 Å². The fourth-order valence-corrected chi connectivity index (χ4v) is 2.06. The largest absolute Gasteiger partial charge is 0.469 e. The molecule has 1 N–H and O–H groups in total. The number of nitrogens with one attached hydrogen (secondary N) is 1. The van der Waals surface area contributed by atoms with E-state index < -0.39 is 0 Å². The molecular weight excluding hydrogens is 192 g/mol. The normalized spacial score (nSPS) is 26.3. The molecule has 0 spiro atoms. The van der Waals surface area contributed by atoms with E-state index in [-0.39, 0.29) is 17.6 Å². The topological polar surface area (TPSA) is 41.6 Å². The number of likely N-dealkylation sites (N-methyl/N-ethyl adjacent to an activating group) is 1. The first-order valence-electron chi connectivity index (χ1n) is 5.54. The number of nitrogens with zero attached hydrogens (tertiary/aromatic N) is 1. The standard InChI is InChI=1S/C11H22N2O2/c1-5-13-8-11(2,3)12-7-9(13)6-10(14)15-4/h9,12H,5-8H2,1-4H3. The summed E-state index contributed by atoms with van der Waals surface area (Å²) in [4.78, 5) is 13.6. The maximum Gasteiger partial charge on any atom is 0.307 e. The Morgan fingerprint density at radius 1 is 1.60 bits per heavy atom. The Morgan fingerprint density at radius 2 is 2.27 bits per heavy atom. The molecule has 1 fully saturated rings. The maximum absolute atomic E-state index is 11.2. The summed E-state index contributed by atoms with van der Waals surface area (Å²) in [6.07, 6.45) is 0.480. The number of carbonyl (C=O) groups is 1. The summed E-state index contributed by atoms with van der Waals surface area (Å²) in [5.74, 6) is -0.125. The van der Waals surface area contributed by atoms with Gasteiger partial charge in [0.15, 0.2) is 0 Å². The van der Waals surface area contributed by atoms with E-state index >= 15 is 0 Å². The van der Waals surface area contributed by atoms with Crippen molar-refractivity contribution in [2.75, 3.05) is 26.7 Å². The van der Waals surface area contributed by atoms with Gasteiger partial charge in [-0.25, -0.2) is 0 Å². The van der Waals surface area contributed by atoms with Gasteiger partial charge in [0.1, 0.15) is 0 Å². The fourth-order valence-electron chi connectivity index (χ4n) is 2.06. The second kappa shape index (κ2) is 4.94. The van der Waals surface area contributed by atoms with Crippen LogP contribution in [0.25, 0.3) is 0 Å². The summed E-state index contributed by atoms with van der Waals surface area (Å²) in [5.41, 5.74) is 0.141. The molecule has 88 valence electrons. The molecule has 0 bridgehead atoms. The van der Waals surface area contributed by atoms with E-state index in [0.717, 1.165) is 19.6 Å². The van der Waals surface area contributed by atoms with Gasteiger partial charge in [0.25, 0.3) is 0 Å². The van der Waals surface area contributed by atoms with Crippen molar-refractivity contribution < 1.29 is 9.53 Å². The third-order valence-corrected chi connectivity index (χ3v) is 2.97. The van der Waals surface area contributed by atoms with Crippen LogP contribution in [-0.4, -0.2) is 49.2 Å². The summed E-state index contributed by atoms with van der Waals surface area (Å²) in [6.45, 7) is 9.31. The molecule has 0 aliphatic carbocycles. The molecule has 1 aliphatic heterocycles. The lowest BCUT2D eigenvalue weighted by molar-refractivity contribution is -0.142. The minimum atomic E-state index is -0.125. The third-order valence-electron chi connectivity index (χ3n) is 2.97. The number of hydrogen-bond acceptors (Lipinski definition) is 4. The van der Waals surface area contributed by atoms with Gasteiger partial charge in [-0.3, -0.25) is 9.69 Å². The molecule has 1 heterocycles. The average molecular weight is 214 g/mol. The Bertz CT molecular complexity index is 229. The maximum atomic E-state index is 11.2. The molecule has 4 nitrogen and oxygen atoms in total. The summed E-state index contributed by atoms with van der Waals surface area (Å²) >= 11 is 0. The van der Waals surface area contributed by atoms with E-state index in [9.17, 15) is 4.79 Å². The van der Waals surface area contributed by atoms with Gasteiger partial charge in [0.2, 0.25) is 0 Å². The number of carbonyl (C=O) groups excluding carboxylic acids is 1. The molecular formula is C11H22N2O2. The van der Waals surface area contributed by atoms with Crippen molar-refractivity contribution in [1.82, 2.24) is 10.2 Å². The van der Waals surface area contributed by atoms with Crippen LogP contribution in [0.1, 0.15) is 27.2 Å². The molecule has 1 unspecified atom stereocenters. The number of rotatable bonds is 3. The third kappa shape index (κ3) is 3.47. The summed E-state index contributed by atoms with van der Waals surface area (Å²) in [7, 11) is 1.44. The van der Waals surface area contributed by atoms with E-state index in [1.54, 1.807) is 0 Å². The van der Waals surface area contributed by atoms with E-state index in [0.29, 0.717) is 6.42 Å². The summed E-state index contributed by atoms with van der Waals surface area (Å²) in [5, 5.41) is 3.45. The van der Waals surface area contributed by atoms with Gasteiger partial charge in [-0.1, -0.05) is 6.92 Å². The highest BCUT2D eigenvalue weighted by molar-refractivity contribution is 5.70. The average Bonchev–Trinajstić information content (AvgIpc) is 2.20. The Kier molecular flexibility index (Phi) is 4.11. The fraction of sp³-hybridized carbons (Fsp3) is 0.909. The highest BCUT2D eigenvalue weighted by atomic mass is 16.5. The number of ether oxygens (including phenoxy) is 1. The number of methoxy groups -OCH3 is 1. The molecule has 4 heteroatoms. The summed E-state index contributed by atoms with van der Waals surface area (Å²) < 4.78 is 4.70. The molecule has 1 aliphatic rings. The van der Waals surface area contributed by atoms with Crippen molar-refractivity contribution in [3.05, 3.63) is 0 Å². The lowest BCUT2D eigenvalue weighted by atomic mass is 9.97. The zero-order valence-corrected chi connectivity index (χ0v) is 10.2. The quantitative estimate of drug-likeness (QED) is 0.699. The minimum Gasteiger partial charge on any atom is -0.469 e.